The van der Waals surface area contributed by atoms with E-state index in [-0.39, 0.29) is 5.97 Å². The van der Waals surface area contributed by atoms with Crippen LogP contribution in [-0.4, -0.2) is 13.1 Å². The molecule has 3 heteroatoms. The Morgan fingerprint density at radius 2 is 2.10 bits per heavy atom. The summed E-state index contributed by atoms with van der Waals surface area (Å²) in [5.74, 6) is 0.237. The first-order chi connectivity index (χ1) is 4.66. The smallest absolute Gasteiger partial charge is 0.299 e. The lowest BCUT2D eigenvalue weighted by Gasteiger charge is -2.01. The summed E-state index contributed by atoms with van der Waals surface area (Å²) in [4.78, 5) is 19.0. The Balaban J connectivity index is 3.22. The highest BCUT2D eigenvalue weighted by molar-refractivity contribution is 5.68. The van der Waals surface area contributed by atoms with Crippen molar-refractivity contribution < 1.29 is 14.6 Å². The summed E-state index contributed by atoms with van der Waals surface area (Å²) in [7, 11) is 1.33. The third-order valence-electron chi connectivity index (χ3n) is 1.10. The van der Waals surface area contributed by atoms with Crippen molar-refractivity contribution >= 4 is 5.97 Å². The average Bonchev–Trinajstić information content (AvgIpc) is 1.85. The molecule has 0 aliphatic heterocycles. The Labute approximate surface area is 61.2 Å². The minimum Gasteiger partial charge on any atom is -0.299 e. The number of hydrogen-bond donors (Lipinski definition) is 0. The van der Waals surface area contributed by atoms with Crippen LogP contribution in [0.4, 0.5) is 0 Å². The van der Waals surface area contributed by atoms with Gasteiger partial charge in [-0.3, -0.25) is 4.89 Å². The van der Waals surface area contributed by atoms with Gasteiger partial charge in [-0.15, -0.1) is 0 Å². The molecule has 0 N–H and O–H groups in total. The van der Waals surface area contributed by atoms with E-state index in [2.05, 4.69) is 23.6 Å². The second kappa shape index (κ2) is 5.23. The van der Waals surface area contributed by atoms with Crippen molar-refractivity contribution in [3.63, 3.8) is 0 Å². The summed E-state index contributed by atoms with van der Waals surface area (Å²) < 4.78 is 0. The molecule has 0 radical (unpaired) electrons. The number of rotatable bonds is 4. The fourth-order valence-corrected chi connectivity index (χ4v) is 0.541. The second-order valence-corrected chi connectivity index (χ2v) is 2.55. The molecule has 0 aliphatic rings. The average molecular weight is 146 g/mol. The first kappa shape index (κ1) is 9.43. The topological polar surface area (TPSA) is 35.5 Å². The van der Waals surface area contributed by atoms with E-state index < -0.39 is 0 Å². The molecule has 0 unspecified atom stereocenters. The van der Waals surface area contributed by atoms with Crippen molar-refractivity contribution in [2.45, 2.75) is 26.7 Å². The van der Waals surface area contributed by atoms with Crippen molar-refractivity contribution in [1.29, 1.82) is 0 Å². The molecule has 3 nitrogen and oxygen atoms in total. The van der Waals surface area contributed by atoms with Gasteiger partial charge in [0.15, 0.2) is 0 Å². The van der Waals surface area contributed by atoms with E-state index >= 15 is 0 Å². The van der Waals surface area contributed by atoms with Gasteiger partial charge in [0.25, 0.3) is 0 Å². The van der Waals surface area contributed by atoms with Crippen LogP contribution in [0, 0.1) is 5.92 Å². The zero-order chi connectivity index (χ0) is 7.98. The van der Waals surface area contributed by atoms with Gasteiger partial charge in [0.2, 0.25) is 0 Å². The minimum absolute atomic E-state index is 0.295. The summed E-state index contributed by atoms with van der Waals surface area (Å²) in [6, 6.07) is 0. The molecule has 0 aromatic rings. The molecule has 0 aliphatic carbocycles. The van der Waals surface area contributed by atoms with Gasteiger partial charge in [-0.2, -0.15) is 4.89 Å². The van der Waals surface area contributed by atoms with Crippen molar-refractivity contribution in [3.05, 3.63) is 0 Å². The highest BCUT2D eigenvalue weighted by Gasteiger charge is 2.03. The molecule has 0 aromatic heterocycles. The molecule has 0 atom stereocenters. The summed E-state index contributed by atoms with van der Waals surface area (Å²) in [6.07, 6.45) is 1.29. The van der Waals surface area contributed by atoms with E-state index in [0.29, 0.717) is 12.3 Å². The largest absolute Gasteiger partial charge is 0.342 e. The van der Waals surface area contributed by atoms with Crippen LogP contribution in [0.15, 0.2) is 0 Å². The zero-order valence-electron chi connectivity index (χ0n) is 6.72. The van der Waals surface area contributed by atoms with Gasteiger partial charge in [-0.25, -0.2) is 4.79 Å². The number of carbonyl (C=O) groups excluding carboxylic acids is 1. The van der Waals surface area contributed by atoms with E-state index in [1.54, 1.807) is 0 Å². The maximum absolute atomic E-state index is 10.6. The third kappa shape index (κ3) is 5.56. The molecule has 0 bridgehead atoms. The van der Waals surface area contributed by atoms with Crippen molar-refractivity contribution in [2.24, 2.45) is 5.92 Å². The second-order valence-electron chi connectivity index (χ2n) is 2.55. The van der Waals surface area contributed by atoms with Gasteiger partial charge in [-0.05, 0) is 12.3 Å². The highest BCUT2D eigenvalue weighted by Crippen LogP contribution is 2.03. The molecular weight excluding hydrogens is 132 g/mol. The SMILES string of the molecule is COOC(=O)CCC(C)C. The molecular formula is C7H14O3. The summed E-state index contributed by atoms with van der Waals surface area (Å²) in [6.45, 7) is 4.11. The normalized spacial score (nSPS) is 10.0. The molecule has 0 spiro atoms. The molecule has 0 saturated heterocycles. The Morgan fingerprint density at radius 3 is 2.50 bits per heavy atom. The lowest BCUT2D eigenvalue weighted by molar-refractivity contribution is -0.255. The lowest BCUT2D eigenvalue weighted by Crippen LogP contribution is -2.04. The Kier molecular flexibility index (Phi) is 4.94. The predicted molar refractivity (Wildman–Crippen MR) is 37.2 cm³/mol. The van der Waals surface area contributed by atoms with E-state index in [9.17, 15) is 4.79 Å². The first-order valence-electron chi connectivity index (χ1n) is 3.40. The van der Waals surface area contributed by atoms with Crippen LogP contribution in [-0.2, 0) is 14.6 Å². The quantitative estimate of drug-likeness (QED) is 0.445. The fourth-order valence-electron chi connectivity index (χ4n) is 0.541. The molecule has 0 heterocycles. The van der Waals surface area contributed by atoms with E-state index in [4.69, 9.17) is 0 Å². The summed E-state index contributed by atoms with van der Waals surface area (Å²) in [5, 5.41) is 0. The minimum atomic E-state index is -0.295. The van der Waals surface area contributed by atoms with Crippen molar-refractivity contribution in [1.82, 2.24) is 0 Å². The van der Waals surface area contributed by atoms with Crippen LogP contribution in [0.5, 0.6) is 0 Å². The summed E-state index contributed by atoms with van der Waals surface area (Å²) >= 11 is 0. The van der Waals surface area contributed by atoms with Crippen molar-refractivity contribution in [3.8, 4) is 0 Å². The number of carbonyl (C=O) groups is 1. The van der Waals surface area contributed by atoms with Crippen LogP contribution in [0.2, 0.25) is 0 Å². The highest BCUT2D eigenvalue weighted by atomic mass is 17.2. The van der Waals surface area contributed by atoms with Gasteiger partial charge in [0.05, 0.1) is 7.11 Å². The molecule has 0 amide bonds. The standard InChI is InChI=1S/C7H14O3/c1-6(2)4-5-7(8)10-9-3/h6H,4-5H2,1-3H3. The van der Waals surface area contributed by atoms with Crippen LogP contribution in [0.25, 0.3) is 0 Å². The molecule has 10 heavy (non-hydrogen) atoms. The maximum Gasteiger partial charge on any atom is 0.342 e. The third-order valence-corrected chi connectivity index (χ3v) is 1.10. The lowest BCUT2D eigenvalue weighted by atomic mass is 10.1. The van der Waals surface area contributed by atoms with E-state index in [0.717, 1.165) is 6.42 Å². The predicted octanol–water partition coefficient (Wildman–Crippen LogP) is 1.53. The monoisotopic (exact) mass is 146 g/mol. The van der Waals surface area contributed by atoms with Crippen LogP contribution >= 0.6 is 0 Å². The van der Waals surface area contributed by atoms with Crippen LogP contribution < -0.4 is 0 Å². The van der Waals surface area contributed by atoms with Crippen molar-refractivity contribution in [2.75, 3.05) is 7.11 Å². The first-order valence-corrected chi connectivity index (χ1v) is 3.40. The van der Waals surface area contributed by atoms with Gasteiger partial charge in [0, 0.05) is 6.42 Å². The number of hydrogen-bond acceptors (Lipinski definition) is 3. The maximum atomic E-state index is 10.6. The van der Waals surface area contributed by atoms with Crippen LogP contribution in [0.1, 0.15) is 26.7 Å². The molecule has 0 fully saturated rings. The Bertz CT molecular complexity index is 99.0. The molecule has 0 rings (SSSR count). The Morgan fingerprint density at radius 1 is 1.50 bits per heavy atom. The van der Waals surface area contributed by atoms with Gasteiger partial charge in [-0.1, -0.05) is 13.8 Å². The van der Waals surface area contributed by atoms with Crippen LogP contribution in [0.3, 0.4) is 0 Å². The van der Waals surface area contributed by atoms with Gasteiger partial charge >= 0.3 is 5.97 Å². The molecule has 0 saturated carbocycles. The van der Waals surface area contributed by atoms with E-state index in [1.165, 1.54) is 7.11 Å². The van der Waals surface area contributed by atoms with Gasteiger partial charge in [0.1, 0.15) is 0 Å². The van der Waals surface area contributed by atoms with E-state index in [1.807, 2.05) is 0 Å². The fraction of sp³-hybridized carbons (Fsp3) is 0.857. The molecule has 0 aromatic carbocycles. The summed E-state index contributed by atoms with van der Waals surface area (Å²) in [5.41, 5.74) is 0. The zero-order valence-corrected chi connectivity index (χ0v) is 6.72. The Hall–Kier alpha value is -0.570. The molecule has 60 valence electrons. The van der Waals surface area contributed by atoms with Gasteiger partial charge < -0.3 is 0 Å².